The molecule has 0 aliphatic heterocycles. The fourth-order valence-corrected chi connectivity index (χ4v) is 1.62. The van der Waals surface area contributed by atoms with Gasteiger partial charge in [0.05, 0.1) is 10.5 Å². The molecule has 0 aromatic heterocycles. The number of anilines is 1. The van der Waals surface area contributed by atoms with Gasteiger partial charge in [-0.2, -0.15) is 0 Å². The zero-order chi connectivity index (χ0) is 14.6. The fraction of sp³-hybridized carbons (Fsp3) is 0.462. The molecule has 104 valence electrons. The first-order valence-electron chi connectivity index (χ1n) is 6.13. The molecule has 1 atom stereocenters. The second-order valence-corrected chi connectivity index (χ2v) is 4.62. The van der Waals surface area contributed by atoms with Gasteiger partial charge in [0, 0.05) is 23.9 Å². The first-order valence-corrected chi connectivity index (χ1v) is 6.13. The van der Waals surface area contributed by atoms with E-state index in [1.165, 1.54) is 6.07 Å². The Morgan fingerprint density at radius 1 is 1.53 bits per heavy atom. The summed E-state index contributed by atoms with van der Waals surface area (Å²) in [6.45, 7) is 6.37. The van der Waals surface area contributed by atoms with Crippen molar-refractivity contribution in [2.75, 3.05) is 11.9 Å². The molecule has 0 aliphatic rings. The van der Waals surface area contributed by atoms with Crippen LogP contribution in [0.3, 0.4) is 0 Å². The van der Waals surface area contributed by atoms with Gasteiger partial charge in [0.15, 0.2) is 0 Å². The van der Waals surface area contributed by atoms with Crippen LogP contribution in [0.15, 0.2) is 12.1 Å². The molecule has 0 saturated heterocycles. The minimum absolute atomic E-state index is 0.0797. The maximum atomic E-state index is 11.0. The third kappa shape index (κ3) is 3.67. The summed E-state index contributed by atoms with van der Waals surface area (Å²) in [4.78, 5) is 21.4. The van der Waals surface area contributed by atoms with Crippen LogP contribution in [0.2, 0.25) is 0 Å². The molecule has 0 bridgehead atoms. The molecule has 0 saturated carbocycles. The van der Waals surface area contributed by atoms with Gasteiger partial charge >= 0.3 is 5.97 Å². The predicted molar refractivity (Wildman–Crippen MR) is 72.7 cm³/mol. The average molecular weight is 266 g/mol. The monoisotopic (exact) mass is 266 g/mol. The van der Waals surface area contributed by atoms with Crippen LogP contribution in [0.5, 0.6) is 0 Å². The van der Waals surface area contributed by atoms with Gasteiger partial charge in [-0.1, -0.05) is 20.3 Å². The lowest BCUT2D eigenvalue weighted by Gasteiger charge is -2.14. The van der Waals surface area contributed by atoms with Crippen LogP contribution in [0.1, 0.15) is 36.2 Å². The highest BCUT2D eigenvalue weighted by atomic mass is 16.6. The van der Waals surface area contributed by atoms with Crippen molar-refractivity contribution in [1.29, 1.82) is 0 Å². The van der Waals surface area contributed by atoms with Crippen molar-refractivity contribution in [3.8, 4) is 0 Å². The number of nitrogens with one attached hydrogen (secondary N) is 1. The Kier molecular flexibility index (Phi) is 4.86. The first-order chi connectivity index (χ1) is 8.86. The van der Waals surface area contributed by atoms with Gasteiger partial charge in [-0.3, -0.25) is 10.1 Å². The largest absolute Gasteiger partial charge is 0.478 e. The Bertz CT molecular complexity index is 500. The summed E-state index contributed by atoms with van der Waals surface area (Å²) in [5.41, 5.74) is 0.709. The Morgan fingerprint density at radius 2 is 2.16 bits per heavy atom. The van der Waals surface area contributed by atoms with E-state index in [2.05, 4.69) is 19.2 Å². The zero-order valence-electron chi connectivity index (χ0n) is 11.3. The minimum atomic E-state index is -1.17. The van der Waals surface area contributed by atoms with Gasteiger partial charge in [0.2, 0.25) is 0 Å². The number of aromatic carboxylic acids is 1. The number of nitro benzene ring substituents is 1. The van der Waals surface area contributed by atoms with E-state index in [4.69, 9.17) is 5.11 Å². The minimum Gasteiger partial charge on any atom is -0.478 e. The quantitative estimate of drug-likeness (QED) is 0.609. The maximum absolute atomic E-state index is 11.0. The Morgan fingerprint density at radius 3 is 2.63 bits per heavy atom. The zero-order valence-corrected chi connectivity index (χ0v) is 11.3. The molecule has 1 aromatic carbocycles. The molecule has 0 spiro atoms. The molecule has 1 aromatic rings. The molecule has 0 aliphatic carbocycles. The van der Waals surface area contributed by atoms with Crippen LogP contribution in [0.25, 0.3) is 0 Å². The number of hydrogen-bond acceptors (Lipinski definition) is 4. The second kappa shape index (κ2) is 6.17. The van der Waals surface area contributed by atoms with E-state index in [0.717, 1.165) is 12.5 Å². The van der Waals surface area contributed by atoms with E-state index < -0.39 is 10.9 Å². The molecule has 6 heteroatoms. The number of nitrogens with zero attached hydrogens (tertiary/aromatic N) is 1. The Balaban J connectivity index is 3.14. The number of hydrogen-bond donors (Lipinski definition) is 2. The highest BCUT2D eigenvalue weighted by Gasteiger charge is 2.19. The highest BCUT2D eigenvalue weighted by molar-refractivity contribution is 5.90. The van der Waals surface area contributed by atoms with E-state index in [1.54, 1.807) is 6.92 Å². The van der Waals surface area contributed by atoms with Crippen molar-refractivity contribution in [2.45, 2.75) is 27.2 Å². The number of rotatable bonds is 6. The SMILES string of the molecule is CCC(C)CNc1cc(C(=O)O)cc([N+](=O)[O-])c1C. The van der Waals surface area contributed by atoms with Gasteiger partial charge < -0.3 is 10.4 Å². The maximum Gasteiger partial charge on any atom is 0.336 e. The van der Waals surface area contributed by atoms with Gasteiger partial charge in [0.1, 0.15) is 0 Å². The number of carboxylic acids is 1. The van der Waals surface area contributed by atoms with E-state index in [0.29, 0.717) is 23.7 Å². The van der Waals surface area contributed by atoms with Crippen LogP contribution in [0.4, 0.5) is 11.4 Å². The summed E-state index contributed by atoms with van der Waals surface area (Å²) < 4.78 is 0. The molecule has 19 heavy (non-hydrogen) atoms. The van der Waals surface area contributed by atoms with Crippen LogP contribution < -0.4 is 5.32 Å². The molecule has 0 heterocycles. The van der Waals surface area contributed by atoms with Crippen molar-refractivity contribution in [3.63, 3.8) is 0 Å². The van der Waals surface area contributed by atoms with Crippen molar-refractivity contribution in [2.24, 2.45) is 5.92 Å². The Labute approximate surface area is 111 Å². The van der Waals surface area contributed by atoms with Crippen LogP contribution >= 0.6 is 0 Å². The third-order valence-corrected chi connectivity index (χ3v) is 3.16. The van der Waals surface area contributed by atoms with Crippen molar-refractivity contribution < 1.29 is 14.8 Å². The second-order valence-electron chi connectivity index (χ2n) is 4.62. The molecule has 2 N–H and O–H groups in total. The van der Waals surface area contributed by atoms with Gasteiger partial charge in [0.25, 0.3) is 5.69 Å². The van der Waals surface area contributed by atoms with Crippen molar-refractivity contribution in [1.82, 2.24) is 0 Å². The lowest BCUT2D eigenvalue weighted by atomic mass is 10.1. The molecule has 1 unspecified atom stereocenters. The van der Waals surface area contributed by atoms with E-state index >= 15 is 0 Å². The lowest BCUT2D eigenvalue weighted by molar-refractivity contribution is -0.385. The summed E-state index contributed by atoms with van der Waals surface area (Å²) in [5.74, 6) is -0.762. The van der Waals surface area contributed by atoms with Crippen molar-refractivity contribution >= 4 is 17.3 Å². The predicted octanol–water partition coefficient (Wildman–Crippen LogP) is 3.06. The van der Waals surface area contributed by atoms with E-state index in [-0.39, 0.29) is 11.3 Å². The highest BCUT2D eigenvalue weighted by Crippen LogP contribution is 2.28. The molecular formula is C13H18N2O4. The number of nitro groups is 1. The number of carboxylic acid groups (broad SMARTS) is 1. The number of carbonyl (C=O) groups is 1. The molecule has 0 fully saturated rings. The van der Waals surface area contributed by atoms with E-state index in [1.807, 2.05) is 0 Å². The smallest absolute Gasteiger partial charge is 0.336 e. The van der Waals surface area contributed by atoms with E-state index in [9.17, 15) is 14.9 Å². The first kappa shape index (κ1) is 14.9. The summed E-state index contributed by atoms with van der Waals surface area (Å²) >= 11 is 0. The molecule has 0 radical (unpaired) electrons. The molecular weight excluding hydrogens is 248 g/mol. The normalized spacial score (nSPS) is 11.9. The van der Waals surface area contributed by atoms with Crippen LogP contribution in [0, 0.1) is 23.0 Å². The Hall–Kier alpha value is -2.11. The average Bonchev–Trinajstić information content (AvgIpc) is 2.36. The van der Waals surface area contributed by atoms with Crippen LogP contribution in [-0.2, 0) is 0 Å². The lowest BCUT2D eigenvalue weighted by Crippen LogP contribution is -2.12. The molecule has 6 nitrogen and oxygen atoms in total. The summed E-state index contributed by atoms with van der Waals surface area (Å²) in [6, 6.07) is 2.53. The fourth-order valence-electron chi connectivity index (χ4n) is 1.62. The standard InChI is InChI=1S/C13H18N2O4/c1-4-8(2)7-14-11-5-10(13(16)17)6-12(9(11)3)15(18)19/h5-6,8,14H,4,7H2,1-3H3,(H,16,17). The van der Waals surface area contributed by atoms with Gasteiger partial charge in [-0.25, -0.2) is 4.79 Å². The molecule has 1 rings (SSSR count). The number of benzene rings is 1. The van der Waals surface area contributed by atoms with Crippen molar-refractivity contribution in [3.05, 3.63) is 33.4 Å². The topological polar surface area (TPSA) is 92.5 Å². The van der Waals surface area contributed by atoms with Gasteiger partial charge in [-0.15, -0.1) is 0 Å². The summed E-state index contributed by atoms with van der Waals surface area (Å²) in [7, 11) is 0. The third-order valence-electron chi connectivity index (χ3n) is 3.16. The summed E-state index contributed by atoms with van der Waals surface area (Å²) in [6.07, 6.45) is 0.979. The summed E-state index contributed by atoms with van der Waals surface area (Å²) in [5, 5.41) is 23.0. The van der Waals surface area contributed by atoms with Gasteiger partial charge in [-0.05, 0) is 18.9 Å². The molecule has 0 amide bonds. The van der Waals surface area contributed by atoms with Crippen LogP contribution in [-0.4, -0.2) is 22.5 Å².